The Balaban J connectivity index is 2.33. The maximum Gasteiger partial charge on any atom is 0.148 e. The van der Waals surface area contributed by atoms with E-state index in [1.54, 1.807) is 0 Å². The monoisotopic (exact) mass is 277 g/mol. The number of hydrazine groups is 1. The molecule has 2 heterocycles. The number of hydrogen-bond acceptors (Lipinski definition) is 5. The molecule has 1 aliphatic heterocycles. The van der Waals surface area contributed by atoms with Crippen molar-refractivity contribution >= 4 is 11.6 Å². The van der Waals surface area contributed by atoms with E-state index >= 15 is 0 Å². The zero-order chi connectivity index (χ0) is 14.9. The lowest BCUT2D eigenvalue weighted by Crippen LogP contribution is -2.38. The van der Waals surface area contributed by atoms with Gasteiger partial charge in [-0.15, -0.1) is 0 Å². The van der Waals surface area contributed by atoms with Crippen molar-refractivity contribution in [3.05, 3.63) is 11.4 Å². The van der Waals surface area contributed by atoms with E-state index in [9.17, 15) is 0 Å². The molecule has 0 aromatic carbocycles. The summed E-state index contributed by atoms with van der Waals surface area (Å²) in [7, 11) is 0. The van der Waals surface area contributed by atoms with Crippen molar-refractivity contribution in [1.29, 1.82) is 0 Å². The highest BCUT2D eigenvalue weighted by Gasteiger charge is 2.27. The zero-order valence-electron chi connectivity index (χ0n) is 13.3. The van der Waals surface area contributed by atoms with Gasteiger partial charge in [-0.25, -0.2) is 15.8 Å². The fourth-order valence-corrected chi connectivity index (χ4v) is 2.55. The van der Waals surface area contributed by atoms with E-state index in [0.717, 1.165) is 36.1 Å². The van der Waals surface area contributed by atoms with Crippen molar-refractivity contribution in [2.75, 3.05) is 23.4 Å². The highest BCUT2D eigenvalue weighted by molar-refractivity contribution is 5.58. The number of hydrogen-bond donors (Lipinski definition) is 2. The number of nitrogens with one attached hydrogen (secondary N) is 1. The molecule has 2 rings (SSSR count). The second-order valence-electron chi connectivity index (χ2n) is 6.83. The highest BCUT2D eigenvalue weighted by Crippen LogP contribution is 2.34. The number of nitrogens with two attached hydrogens (primary N) is 1. The molecule has 1 aromatic rings. The zero-order valence-corrected chi connectivity index (χ0v) is 13.3. The predicted molar refractivity (Wildman–Crippen MR) is 83.9 cm³/mol. The molecular formula is C15H27N5. The minimum atomic E-state index is 0.294. The first-order chi connectivity index (χ1) is 9.34. The number of anilines is 2. The van der Waals surface area contributed by atoms with Crippen LogP contribution in [0.15, 0.2) is 0 Å². The van der Waals surface area contributed by atoms with Crippen LogP contribution in [0, 0.1) is 12.3 Å². The topological polar surface area (TPSA) is 67.1 Å². The molecule has 1 fully saturated rings. The molecule has 20 heavy (non-hydrogen) atoms. The summed E-state index contributed by atoms with van der Waals surface area (Å²) in [6.07, 6.45) is 2.39. The summed E-state index contributed by atoms with van der Waals surface area (Å²) < 4.78 is 0. The van der Waals surface area contributed by atoms with Crippen LogP contribution in [-0.2, 0) is 0 Å². The van der Waals surface area contributed by atoms with Crippen LogP contribution in [0.3, 0.4) is 0 Å². The minimum absolute atomic E-state index is 0.294. The molecule has 0 bridgehead atoms. The van der Waals surface area contributed by atoms with Gasteiger partial charge in [0.25, 0.3) is 0 Å². The van der Waals surface area contributed by atoms with Gasteiger partial charge in [-0.3, -0.25) is 0 Å². The van der Waals surface area contributed by atoms with Crippen molar-refractivity contribution in [3.63, 3.8) is 0 Å². The molecule has 0 unspecified atom stereocenters. The van der Waals surface area contributed by atoms with Crippen LogP contribution < -0.4 is 16.2 Å². The molecule has 0 spiro atoms. The van der Waals surface area contributed by atoms with Crippen molar-refractivity contribution in [2.45, 2.75) is 53.4 Å². The first kappa shape index (κ1) is 15.0. The summed E-state index contributed by atoms with van der Waals surface area (Å²) in [5.41, 5.74) is 4.18. The Labute approximate surface area is 121 Å². The largest absolute Gasteiger partial charge is 0.356 e. The lowest BCUT2D eigenvalue weighted by Gasteiger charge is -2.38. The third-order valence-corrected chi connectivity index (χ3v) is 4.21. The lowest BCUT2D eigenvalue weighted by molar-refractivity contribution is 0.279. The molecule has 1 saturated heterocycles. The summed E-state index contributed by atoms with van der Waals surface area (Å²) in [5, 5.41) is 0. The van der Waals surface area contributed by atoms with Crippen LogP contribution in [0.1, 0.15) is 57.8 Å². The summed E-state index contributed by atoms with van der Waals surface area (Å²) in [4.78, 5) is 11.6. The molecular weight excluding hydrogens is 250 g/mol. The van der Waals surface area contributed by atoms with E-state index in [-0.39, 0.29) is 0 Å². The number of rotatable bonds is 3. The van der Waals surface area contributed by atoms with Crippen molar-refractivity contribution < 1.29 is 0 Å². The van der Waals surface area contributed by atoms with Gasteiger partial charge in [-0.2, -0.15) is 0 Å². The third kappa shape index (κ3) is 3.03. The van der Waals surface area contributed by atoms with E-state index in [2.05, 4.69) is 43.0 Å². The third-order valence-electron chi connectivity index (χ3n) is 4.21. The average Bonchev–Trinajstić information content (AvgIpc) is 2.39. The molecule has 0 radical (unpaired) electrons. The fourth-order valence-electron chi connectivity index (χ4n) is 2.55. The first-order valence-corrected chi connectivity index (χ1v) is 7.44. The quantitative estimate of drug-likeness (QED) is 0.657. The van der Waals surface area contributed by atoms with Gasteiger partial charge in [0.2, 0.25) is 0 Å². The van der Waals surface area contributed by atoms with E-state index in [1.807, 2.05) is 6.92 Å². The van der Waals surface area contributed by atoms with E-state index in [0.29, 0.717) is 11.3 Å². The molecule has 0 amide bonds. The normalized spacial score (nSPS) is 18.4. The average molecular weight is 277 g/mol. The predicted octanol–water partition coefficient (Wildman–Crippen LogP) is 2.82. The van der Waals surface area contributed by atoms with Crippen molar-refractivity contribution in [1.82, 2.24) is 9.97 Å². The van der Waals surface area contributed by atoms with E-state index in [1.165, 1.54) is 12.8 Å². The standard InChI is InChI=1S/C15H27N5/c1-10(2)12-17-13(19-16)11(3)14(18-12)20-8-6-15(4,5)7-9-20/h10H,6-9,16H2,1-5H3,(H,17,18,19). The van der Waals surface area contributed by atoms with Gasteiger partial charge in [-0.05, 0) is 25.2 Å². The number of piperidine rings is 1. The molecule has 1 aromatic heterocycles. The van der Waals surface area contributed by atoms with Crippen LogP contribution in [-0.4, -0.2) is 23.1 Å². The molecule has 3 N–H and O–H groups in total. The minimum Gasteiger partial charge on any atom is -0.356 e. The lowest BCUT2D eigenvalue weighted by atomic mass is 9.82. The van der Waals surface area contributed by atoms with Gasteiger partial charge < -0.3 is 10.3 Å². The number of nitrogens with zero attached hydrogens (tertiary/aromatic N) is 3. The molecule has 0 saturated carbocycles. The molecule has 5 heteroatoms. The number of nitrogen functional groups attached to an aromatic ring is 1. The number of aromatic nitrogens is 2. The summed E-state index contributed by atoms with van der Waals surface area (Å²) in [6.45, 7) is 13.0. The van der Waals surface area contributed by atoms with Crippen LogP contribution >= 0.6 is 0 Å². The second-order valence-corrected chi connectivity index (χ2v) is 6.83. The fraction of sp³-hybridized carbons (Fsp3) is 0.733. The summed E-state index contributed by atoms with van der Waals surface area (Å²) in [6, 6.07) is 0. The smallest absolute Gasteiger partial charge is 0.148 e. The highest BCUT2D eigenvalue weighted by atomic mass is 15.3. The van der Waals surface area contributed by atoms with Crippen LogP contribution in [0.4, 0.5) is 11.6 Å². The first-order valence-electron chi connectivity index (χ1n) is 7.44. The van der Waals surface area contributed by atoms with Crippen LogP contribution in [0.5, 0.6) is 0 Å². The maximum absolute atomic E-state index is 5.60. The van der Waals surface area contributed by atoms with Gasteiger partial charge in [0, 0.05) is 24.6 Å². The Morgan fingerprint density at radius 1 is 1.20 bits per heavy atom. The van der Waals surface area contributed by atoms with E-state index in [4.69, 9.17) is 10.8 Å². The maximum atomic E-state index is 5.60. The van der Waals surface area contributed by atoms with Crippen LogP contribution in [0.25, 0.3) is 0 Å². The second kappa shape index (κ2) is 5.56. The van der Waals surface area contributed by atoms with Crippen molar-refractivity contribution in [2.24, 2.45) is 11.3 Å². The molecule has 112 valence electrons. The molecule has 0 atom stereocenters. The Hall–Kier alpha value is -1.36. The SMILES string of the molecule is Cc1c(NN)nc(C(C)C)nc1N1CCC(C)(C)CC1. The van der Waals surface area contributed by atoms with Gasteiger partial charge >= 0.3 is 0 Å². The van der Waals surface area contributed by atoms with Crippen LogP contribution in [0.2, 0.25) is 0 Å². The van der Waals surface area contributed by atoms with Gasteiger partial charge in [-0.1, -0.05) is 27.7 Å². The van der Waals surface area contributed by atoms with Gasteiger partial charge in [0.1, 0.15) is 17.5 Å². The van der Waals surface area contributed by atoms with Crippen molar-refractivity contribution in [3.8, 4) is 0 Å². The Morgan fingerprint density at radius 3 is 2.30 bits per heavy atom. The van der Waals surface area contributed by atoms with Gasteiger partial charge in [0.05, 0.1) is 0 Å². The Morgan fingerprint density at radius 2 is 1.80 bits per heavy atom. The molecule has 1 aliphatic rings. The molecule has 0 aliphatic carbocycles. The van der Waals surface area contributed by atoms with E-state index < -0.39 is 0 Å². The Bertz CT molecular complexity index is 471. The molecule has 5 nitrogen and oxygen atoms in total. The summed E-state index contributed by atoms with van der Waals surface area (Å²) in [5.74, 6) is 8.52. The van der Waals surface area contributed by atoms with Gasteiger partial charge in [0.15, 0.2) is 0 Å². The summed E-state index contributed by atoms with van der Waals surface area (Å²) >= 11 is 0. The Kier molecular flexibility index (Phi) is 4.18.